The normalized spacial score (nSPS) is 14.3. The van der Waals surface area contributed by atoms with Gasteiger partial charge in [-0.05, 0) is 37.1 Å². The Morgan fingerprint density at radius 1 is 1.11 bits per heavy atom. The molecule has 0 unspecified atom stereocenters. The first-order valence-corrected chi connectivity index (χ1v) is 9.00. The number of halogens is 1. The van der Waals surface area contributed by atoms with E-state index in [2.05, 4.69) is 20.8 Å². The number of aromatic nitrogens is 2. The van der Waals surface area contributed by atoms with E-state index in [9.17, 15) is 14.9 Å². The highest BCUT2D eigenvalue weighted by Crippen LogP contribution is 2.32. The topological polar surface area (TPSA) is 113 Å². The summed E-state index contributed by atoms with van der Waals surface area (Å²) in [5.41, 5.74) is 5.08. The minimum Gasteiger partial charge on any atom is -0.351 e. The summed E-state index contributed by atoms with van der Waals surface area (Å²) >= 11 is 5.80. The van der Waals surface area contributed by atoms with E-state index in [-0.39, 0.29) is 17.3 Å². The molecule has 2 heterocycles. The zero-order valence-electron chi connectivity index (χ0n) is 14.5. The molecule has 0 bridgehead atoms. The van der Waals surface area contributed by atoms with Crippen molar-refractivity contribution in [2.24, 2.45) is 0 Å². The lowest BCUT2D eigenvalue weighted by Crippen LogP contribution is -2.31. The van der Waals surface area contributed by atoms with Crippen molar-refractivity contribution in [1.29, 1.82) is 0 Å². The van der Waals surface area contributed by atoms with Crippen molar-refractivity contribution < 1.29 is 9.72 Å². The monoisotopic (exact) mass is 390 g/mol. The van der Waals surface area contributed by atoms with Gasteiger partial charge in [-0.2, -0.15) is 0 Å². The molecule has 142 valence electrons. The molecule has 1 saturated heterocycles. The number of hydrogen-bond acceptors (Lipinski definition) is 7. The molecule has 1 aliphatic rings. The van der Waals surface area contributed by atoms with Crippen molar-refractivity contribution in [3.63, 3.8) is 0 Å². The predicted octanol–water partition coefficient (Wildman–Crippen LogP) is 3.18. The fourth-order valence-corrected chi connectivity index (χ4v) is 3.06. The summed E-state index contributed by atoms with van der Waals surface area (Å²) in [6.07, 6.45) is 5.35. The van der Waals surface area contributed by atoms with Gasteiger partial charge in [0.15, 0.2) is 0 Å². The van der Waals surface area contributed by atoms with E-state index in [0.29, 0.717) is 23.7 Å². The van der Waals surface area contributed by atoms with E-state index in [0.717, 1.165) is 25.7 Å². The van der Waals surface area contributed by atoms with Gasteiger partial charge in [-0.15, -0.1) is 0 Å². The van der Waals surface area contributed by atoms with Gasteiger partial charge in [-0.3, -0.25) is 25.8 Å². The van der Waals surface area contributed by atoms with Crippen molar-refractivity contribution in [3.8, 4) is 0 Å². The van der Waals surface area contributed by atoms with Crippen LogP contribution in [0.4, 0.5) is 17.3 Å². The van der Waals surface area contributed by atoms with Crippen LogP contribution in [0.5, 0.6) is 0 Å². The van der Waals surface area contributed by atoms with Gasteiger partial charge >= 0.3 is 5.69 Å². The van der Waals surface area contributed by atoms with Crippen LogP contribution in [0.3, 0.4) is 0 Å². The summed E-state index contributed by atoms with van der Waals surface area (Å²) in [5.74, 6) is -0.257. The lowest BCUT2D eigenvalue weighted by molar-refractivity contribution is -0.383. The predicted molar refractivity (Wildman–Crippen MR) is 102 cm³/mol. The third-order valence-electron chi connectivity index (χ3n) is 4.29. The Hall–Kier alpha value is -2.94. The molecule has 9 nitrogen and oxygen atoms in total. The fraction of sp³-hybridized carbons (Fsp3) is 0.353. The minimum absolute atomic E-state index is 0.0587. The number of hydrazine groups is 1. The minimum atomic E-state index is -0.531. The Morgan fingerprint density at radius 2 is 1.78 bits per heavy atom. The number of nitro groups is 1. The van der Waals surface area contributed by atoms with Crippen molar-refractivity contribution in [3.05, 3.63) is 51.3 Å². The van der Waals surface area contributed by atoms with E-state index in [1.807, 2.05) is 4.90 Å². The molecule has 1 aromatic carbocycles. The zero-order valence-corrected chi connectivity index (χ0v) is 15.3. The average molecular weight is 391 g/mol. The first kappa shape index (κ1) is 18.8. The van der Waals surface area contributed by atoms with Crippen LogP contribution in [0.2, 0.25) is 5.02 Å². The van der Waals surface area contributed by atoms with Gasteiger partial charge < -0.3 is 4.90 Å². The summed E-state index contributed by atoms with van der Waals surface area (Å²) < 4.78 is 0. The number of carbonyl (C=O) groups is 1. The number of hydrogen-bond donors (Lipinski definition) is 2. The second kappa shape index (κ2) is 8.63. The first-order valence-electron chi connectivity index (χ1n) is 8.62. The number of rotatable bonds is 5. The van der Waals surface area contributed by atoms with Crippen LogP contribution in [0.1, 0.15) is 36.0 Å². The number of amides is 1. The lowest BCUT2D eigenvalue weighted by atomic mass is 10.2. The van der Waals surface area contributed by atoms with Crippen LogP contribution in [0, 0.1) is 10.1 Å². The molecule has 2 aromatic rings. The van der Waals surface area contributed by atoms with Crippen LogP contribution in [-0.2, 0) is 0 Å². The molecule has 27 heavy (non-hydrogen) atoms. The Balaban J connectivity index is 1.80. The smallest absolute Gasteiger partial charge is 0.351 e. The molecule has 1 amide bonds. The van der Waals surface area contributed by atoms with Crippen LogP contribution in [-0.4, -0.2) is 33.9 Å². The van der Waals surface area contributed by atoms with Crippen LogP contribution >= 0.6 is 11.6 Å². The summed E-state index contributed by atoms with van der Waals surface area (Å²) in [7, 11) is 0. The highest BCUT2D eigenvalue weighted by atomic mass is 35.5. The third-order valence-corrected chi connectivity index (χ3v) is 4.54. The van der Waals surface area contributed by atoms with Gasteiger partial charge in [0.25, 0.3) is 5.91 Å². The Bertz CT molecular complexity index is 822. The average Bonchev–Trinajstić information content (AvgIpc) is 2.95. The second-order valence-electron chi connectivity index (χ2n) is 6.14. The Morgan fingerprint density at radius 3 is 2.41 bits per heavy atom. The third kappa shape index (κ3) is 4.62. The van der Waals surface area contributed by atoms with E-state index < -0.39 is 10.8 Å². The molecule has 0 radical (unpaired) electrons. The molecular formula is C17H19ClN6O3. The maximum atomic E-state index is 12.2. The second-order valence-corrected chi connectivity index (χ2v) is 6.58. The van der Waals surface area contributed by atoms with Crippen LogP contribution < -0.4 is 15.8 Å². The lowest BCUT2D eigenvalue weighted by Gasteiger charge is -2.21. The van der Waals surface area contributed by atoms with Crippen molar-refractivity contribution >= 4 is 34.8 Å². The fourth-order valence-electron chi connectivity index (χ4n) is 2.93. The highest BCUT2D eigenvalue weighted by Gasteiger charge is 2.27. The van der Waals surface area contributed by atoms with Crippen LogP contribution in [0.25, 0.3) is 0 Å². The molecule has 3 rings (SSSR count). The van der Waals surface area contributed by atoms with Gasteiger partial charge in [0, 0.05) is 23.7 Å². The highest BCUT2D eigenvalue weighted by molar-refractivity contribution is 6.30. The van der Waals surface area contributed by atoms with Gasteiger partial charge in [-0.25, -0.2) is 9.97 Å². The molecule has 0 spiro atoms. The summed E-state index contributed by atoms with van der Waals surface area (Å²) in [6, 6.07) is 6.27. The Kier molecular flexibility index (Phi) is 6.02. The van der Waals surface area contributed by atoms with Gasteiger partial charge in [0.2, 0.25) is 11.6 Å². The maximum Gasteiger partial charge on any atom is 0.355 e. The van der Waals surface area contributed by atoms with Crippen molar-refractivity contribution in [1.82, 2.24) is 15.4 Å². The van der Waals surface area contributed by atoms with E-state index in [4.69, 9.17) is 11.6 Å². The molecule has 0 atom stereocenters. The largest absolute Gasteiger partial charge is 0.355 e. The molecular weight excluding hydrogens is 372 g/mol. The number of benzene rings is 1. The molecule has 0 aliphatic carbocycles. The molecule has 1 fully saturated rings. The number of anilines is 2. The maximum absolute atomic E-state index is 12.2. The number of nitrogens with one attached hydrogen (secondary N) is 2. The molecule has 10 heteroatoms. The van der Waals surface area contributed by atoms with Gasteiger partial charge in [0.05, 0.1) is 4.92 Å². The molecule has 2 N–H and O–H groups in total. The Labute approximate surface area is 160 Å². The summed E-state index contributed by atoms with van der Waals surface area (Å²) in [6.45, 7) is 1.41. The molecule has 0 saturated carbocycles. The van der Waals surface area contributed by atoms with Gasteiger partial charge in [0.1, 0.15) is 6.33 Å². The van der Waals surface area contributed by atoms with Crippen LogP contribution in [0.15, 0.2) is 30.6 Å². The number of nitrogens with zero attached hydrogens (tertiary/aromatic N) is 4. The SMILES string of the molecule is O=C(NNc1ncnc(N2CCCCCC2)c1[N+](=O)[O-])c1ccc(Cl)cc1. The van der Waals surface area contributed by atoms with E-state index in [1.165, 1.54) is 6.33 Å². The molecule has 1 aliphatic heterocycles. The van der Waals surface area contributed by atoms with Crippen molar-refractivity contribution in [2.75, 3.05) is 23.4 Å². The van der Waals surface area contributed by atoms with E-state index >= 15 is 0 Å². The summed E-state index contributed by atoms with van der Waals surface area (Å²) in [5, 5.41) is 12.2. The first-order chi connectivity index (χ1) is 13.1. The zero-order chi connectivity index (χ0) is 19.2. The number of carbonyl (C=O) groups excluding carboxylic acids is 1. The molecule has 1 aromatic heterocycles. The van der Waals surface area contributed by atoms with E-state index in [1.54, 1.807) is 24.3 Å². The van der Waals surface area contributed by atoms with Crippen molar-refractivity contribution in [2.45, 2.75) is 25.7 Å². The quantitative estimate of drug-likeness (QED) is 0.595. The summed E-state index contributed by atoms with van der Waals surface area (Å²) in [4.78, 5) is 33.3. The standard InChI is InChI=1S/C17H19ClN6O3/c18-13-7-5-12(6-8-13)17(25)22-21-15-14(24(26)27)16(20-11-19-15)23-9-3-1-2-4-10-23/h5-8,11H,1-4,9-10H2,(H,22,25)(H,19,20,21). The van der Waals surface area contributed by atoms with Gasteiger partial charge in [-0.1, -0.05) is 24.4 Å².